The standard InChI is InChI=1S/C17H20ClN3O4/c1-10(2)8-21-11(3)13(7-19-21)17(24)20-12-4-5-15(14(18)6-12)25-9-16(22)23/h4-7,10H,8-9H2,1-3H3,(H,20,24)(H,22,23). The van der Waals surface area contributed by atoms with Gasteiger partial charge in [-0.1, -0.05) is 25.4 Å². The molecule has 1 aromatic carbocycles. The second kappa shape index (κ2) is 8.02. The molecule has 7 nitrogen and oxygen atoms in total. The number of carboxylic acid groups (broad SMARTS) is 1. The predicted molar refractivity (Wildman–Crippen MR) is 94.3 cm³/mol. The largest absolute Gasteiger partial charge is 0.480 e. The van der Waals surface area contributed by atoms with Crippen LogP contribution in [-0.4, -0.2) is 33.4 Å². The van der Waals surface area contributed by atoms with E-state index in [0.717, 1.165) is 12.2 Å². The van der Waals surface area contributed by atoms with E-state index < -0.39 is 12.6 Å². The van der Waals surface area contributed by atoms with Crippen LogP contribution in [0.5, 0.6) is 5.75 Å². The Balaban J connectivity index is 2.09. The van der Waals surface area contributed by atoms with Gasteiger partial charge < -0.3 is 15.2 Å². The smallest absolute Gasteiger partial charge is 0.341 e. The number of rotatable bonds is 7. The van der Waals surface area contributed by atoms with Crippen LogP contribution >= 0.6 is 11.6 Å². The van der Waals surface area contributed by atoms with Gasteiger partial charge in [0.1, 0.15) is 5.75 Å². The number of ether oxygens (including phenoxy) is 1. The molecule has 1 aromatic heterocycles. The Morgan fingerprint density at radius 1 is 1.40 bits per heavy atom. The maximum Gasteiger partial charge on any atom is 0.341 e. The fourth-order valence-electron chi connectivity index (χ4n) is 2.23. The molecule has 1 heterocycles. The van der Waals surface area contributed by atoms with Crippen LogP contribution in [0.15, 0.2) is 24.4 Å². The van der Waals surface area contributed by atoms with Crippen molar-refractivity contribution in [1.29, 1.82) is 0 Å². The predicted octanol–water partition coefficient (Wildman–Crippen LogP) is 3.22. The van der Waals surface area contributed by atoms with Gasteiger partial charge in [-0.25, -0.2) is 4.79 Å². The quantitative estimate of drug-likeness (QED) is 0.785. The van der Waals surface area contributed by atoms with Crippen LogP contribution in [0.2, 0.25) is 5.02 Å². The molecule has 0 aliphatic heterocycles. The third-order valence-electron chi connectivity index (χ3n) is 3.43. The maximum absolute atomic E-state index is 12.4. The number of carbonyl (C=O) groups is 2. The molecule has 2 rings (SSSR count). The van der Waals surface area contributed by atoms with Crippen LogP contribution in [0.25, 0.3) is 0 Å². The Labute approximate surface area is 150 Å². The molecule has 0 atom stereocenters. The van der Waals surface area contributed by atoms with E-state index in [1.807, 2.05) is 6.92 Å². The Morgan fingerprint density at radius 2 is 2.12 bits per heavy atom. The van der Waals surface area contributed by atoms with Gasteiger partial charge in [-0.15, -0.1) is 0 Å². The van der Waals surface area contributed by atoms with Crippen molar-refractivity contribution in [3.8, 4) is 5.75 Å². The van der Waals surface area contributed by atoms with Crippen LogP contribution in [-0.2, 0) is 11.3 Å². The first-order chi connectivity index (χ1) is 11.8. The van der Waals surface area contributed by atoms with E-state index in [-0.39, 0.29) is 16.7 Å². The molecule has 2 N–H and O–H groups in total. The third-order valence-corrected chi connectivity index (χ3v) is 3.72. The van der Waals surface area contributed by atoms with Crippen molar-refractivity contribution in [3.63, 3.8) is 0 Å². The van der Waals surface area contributed by atoms with Gasteiger partial charge in [-0.3, -0.25) is 9.48 Å². The molecule has 0 bridgehead atoms. The molecule has 0 saturated heterocycles. The van der Waals surface area contributed by atoms with E-state index in [4.69, 9.17) is 21.4 Å². The molecule has 0 unspecified atom stereocenters. The third kappa shape index (κ3) is 4.96. The second-order valence-corrected chi connectivity index (χ2v) is 6.41. The normalized spacial score (nSPS) is 10.8. The molecule has 0 aliphatic rings. The summed E-state index contributed by atoms with van der Waals surface area (Å²) in [7, 11) is 0. The minimum Gasteiger partial charge on any atom is -0.480 e. The number of nitrogens with zero attached hydrogens (tertiary/aromatic N) is 2. The number of benzene rings is 1. The van der Waals surface area contributed by atoms with E-state index in [2.05, 4.69) is 24.3 Å². The van der Waals surface area contributed by atoms with Crippen molar-refractivity contribution < 1.29 is 19.4 Å². The number of aromatic nitrogens is 2. The lowest BCUT2D eigenvalue weighted by Crippen LogP contribution is -2.14. The van der Waals surface area contributed by atoms with Crippen LogP contribution in [0.3, 0.4) is 0 Å². The molecule has 0 fully saturated rings. The van der Waals surface area contributed by atoms with E-state index >= 15 is 0 Å². The molecule has 25 heavy (non-hydrogen) atoms. The van der Waals surface area contributed by atoms with Gasteiger partial charge >= 0.3 is 5.97 Å². The summed E-state index contributed by atoms with van der Waals surface area (Å²) in [6.45, 7) is 6.26. The number of halogens is 1. The van der Waals surface area contributed by atoms with Crippen LogP contribution in [0, 0.1) is 12.8 Å². The first kappa shape index (κ1) is 18.8. The lowest BCUT2D eigenvalue weighted by molar-refractivity contribution is -0.139. The van der Waals surface area contributed by atoms with Crippen LogP contribution in [0.1, 0.15) is 29.9 Å². The number of nitrogens with one attached hydrogen (secondary N) is 1. The highest BCUT2D eigenvalue weighted by Crippen LogP contribution is 2.28. The maximum atomic E-state index is 12.4. The summed E-state index contributed by atoms with van der Waals surface area (Å²) >= 11 is 6.05. The second-order valence-electron chi connectivity index (χ2n) is 6.00. The van der Waals surface area contributed by atoms with Crippen LogP contribution in [0.4, 0.5) is 5.69 Å². The molecule has 8 heteroatoms. The zero-order chi connectivity index (χ0) is 18.6. The zero-order valence-electron chi connectivity index (χ0n) is 14.2. The fraction of sp³-hybridized carbons (Fsp3) is 0.353. The first-order valence-electron chi connectivity index (χ1n) is 7.75. The molecule has 134 valence electrons. The zero-order valence-corrected chi connectivity index (χ0v) is 15.0. The minimum absolute atomic E-state index is 0.214. The molecular weight excluding hydrogens is 346 g/mol. The highest BCUT2D eigenvalue weighted by Gasteiger charge is 2.15. The van der Waals surface area contributed by atoms with Gasteiger partial charge in [0.2, 0.25) is 0 Å². The Bertz CT molecular complexity index is 786. The molecule has 1 amide bonds. The summed E-state index contributed by atoms with van der Waals surface area (Å²) in [5, 5.41) is 15.8. The monoisotopic (exact) mass is 365 g/mol. The SMILES string of the molecule is Cc1c(C(=O)Nc2ccc(OCC(=O)O)c(Cl)c2)cnn1CC(C)C. The van der Waals surface area contributed by atoms with E-state index in [1.165, 1.54) is 12.1 Å². The number of anilines is 1. The number of hydrogen-bond donors (Lipinski definition) is 2. The highest BCUT2D eigenvalue weighted by atomic mass is 35.5. The van der Waals surface area contributed by atoms with Crippen molar-refractivity contribution in [2.45, 2.75) is 27.3 Å². The summed E-state index contributed by atoms with van der Waals surface area (Å²) in [5.74, 6) is -0.722. The van der Waals surface area contributed by atoms with Gasteiger partial charge in [-0.2, -0.15) is 5.10 Å². The molecule has 0 aliphatic carbocycles. The molecule has 2 aromatic rings. The summed E-state index contributed by atoms with van der Waals surface area (Å²) in [5.41, 5.74) is 1.76. The number of amides is 1. The van der Waals surface area contributed by atoms with E-state index in [9.17, 15) is 9.59 Å². The summed E-state index contributed by atoms with van der Waals surface area (Å²) in [4.78, 5) is 22.9. The van der Waals surface area contributed by atoms with E-state index in [1.54, 1.807) is 16.9 Å². The number of hydrogen-bond acceptors (Lipinski definition) is 4. The molecule has 0 radical (unpaired) electrons. The van der Waals surface area contributed by atoms with Crippen molar-refractivity contribution >= 4 is 29.2 Å². The summed E-state index contributed by atoms with van der Waals surface area (Å²) in [6.07, 6.45) is 1.54. The van der Waals surface area contributed by atoms with Crippen LogP contribution < -0.4 is 10.1 Å². The number of carbonyl (C=O) groups excluding carboxylic acids is 1. The fourth-order valence-corrected chi connectivity index (χ4v) is 2.47. The average molecular weight is 366 g/mol. The highest BCUT2D eigenvalue weighted by molar-refractivity contribution is 6.32. The Hall–Kier alpha value is -2.54. The minimum atomic E-state index is -1.10. The number of carboxylic acids is 1. The van der Waals surface area contributed by atoms with Gasteiger partial charge in [0.15, 0.2) is 6.61 Å². The lowest BCUT2D eigenvalue weighted by atomic mass is 10.2. The van der Waals surface area contributed by atoms with E-state index in [0.29, 0.717) is 17.2 Å². The van der Waals surface area contributed by atoms with Gasteiger partial charge in [0, 0.05) is 17.9 Å². The van der Waals surface area contributed by atoms with Gasteiger partial charge in [-0.05, 0) is 31.0 Å². The molecule has 0 spiro atoms. The van der Waals surface area contributed by atoms with Crippen molar-refractivity contribution in [1.82, 2.24) is 9.78 Å². The Kier molecular flexibility index (Phi) is 6.03. The summed E-state index contributed by atoms with van der Waals surface area (Å²) in [6, 6.07) is 4.61. The average Bonchev–Trinajstić information content (AvgIpc) is 2.86. The van der Waals surface area contributed by atoms with Crippen molar-refractivity contribution in [2.75, 3.05) is 11.9 Å². The molecule has 0 saturated carbocycles. The lowest BCUT2D eigenvalue weighted by Gasteiger charge is -2.10. The Morgan fingerprint density at radius 3 is 2.72 bits per heavy atom. The summed E-state index contributed by atoms with van der Waals surface area (Å²) < 4.78 is 6.85. The topological polar surface area (TPSA) is 93.4 Å². The van der Waals surface area contributed by atoms with Crippen molar-refractivity contribution in [3.05, 3.63) is 40.7 Å². The van der Waals surface area contributed by atoms with Gasteiger partial charge in [0.25, 0.3) is 5.91 Å². The first-order valence-corrected chi connectivity index (χ1v) is 8.13. The molecular formula is C17H20ClN3O4. The van der Waals surface area contributed by atoms with Crippen molar-refractivity contribution in [2.24, 2.45) is 5.92 Å². The van der Waals surface area contributed by atoms with Gasteiger partial charge in [0.05, 0.1) is 16.8 Å². The number of aliphatic carboxylic acids is 1.